The fourth-order valence-corrected chi connectivity index (χ4v) is 3.28. The SMILES string of the molecule is COc1cc(Nc2ncc(C)c(Nc3ccccc3)n2)cc(C(=O)N2CCOCC2)c1. The molecule has 3 aromatic rings. The first-order valence-electron chi connectivity index (χ1n) is 10.1. The number of nitrogens with zero attached hydrogens (tertiary/aromatic N) is 3. The zero-order valence-electron chi connectivity index (χ0n) is 17.6. The zero-order chi connectivity index (χ0) is 21.6. The molecule has 1 aromatic heterocycles. The highest BCUT2D eigenvalue weighted by Crippen LogP contribution is 2.25. The molecule has 1 fully saturated rings. The van der Waals surface area contributed by atoms with Crippen molar-refractivity contribution in [3.8, 4) is 5.75 Å². The molecule has 2 aromatic carbocycles. The number of para-hydroxylation sites is 1. The molecule has 8 nitrogen and oxygen atoms in total. The standard InChI is InChI=1S/C23H25N5O3/c1-16-15-24-23(27-21(16)25-18-6-4-3-5-7-18)26-19-12-17(13-20(14-19)30-2)22(29)28-8-10-31-11-9-28/h3-7,12-15H,8-11H2,1-2H3,(H2,24,25,26,27). The fraction of sp³-hybridized carbons (Fsp3) is 0.261. The first kappa shape index (κ1) is 20.6. The number of hydrogen-bond acceptors (Lipinski definition) is 7. The van der Waals surface area contributed by atoms with Crippen molar-refractivity contribution in [3.63, 3.8) is 0 Å². The molecule has 8 heteroatoms. The summed E-state index contributed by atoms with van der Waals surface area (Å²) in [7, 11) is 1.58. The lowest BCUT2D eigenvalue weighted by atomic mass is 10.1. The van der Waals surface area contributed by atoms with Crippen molar-refractivity contribution >= 4 is 29.0 Å². The van der Waals surface area contributed by atoms with Crippen LogP contribution in [-0.4, -0.2) is 54.2 Å². The summed E-state index contributed by atoms with van der Waals surface area (Å²) in [6.07, 6.45) is 1.75. The summed E-state index contributed by atoms with van der Waals surface area (Å²) in [6.45, 7) is 4.20. The molecule has 0 spiro atoms. The Morgan fingerprint density at radius 2 is 1.84 bits per heavy atom. The molecule has 2 heterocycles. The van der Waals surface area contributed by atoms with Crippen LogP contribution in [0.25, 0.3) is 0 Å². The van der Waals surface area contributed by atoms with Crippen LogP contribution in [0.5, 0.6) is 5.75 Å². The van der Waals surface area contributed by atoms with E-state index in [0.717, 1.165) is 11.3 Å². The number of morpholine rings is 1. The smallest absolute Gasteiger partial charge is 0.254 e. The van der Waals surface area contributed by atoms with Crippen molar-refractivity contribution < 1.29 is 14.3 Å². The van der Waals surface area contributed by atoms with E-state index in [2.05, 4.69) is 20.6 Å². The second-order valence-corrected chi connectivity index (χ2v) is 7.20. The van der Waals surface area contributed by atoms with Gasteiger partial charge in [-0.3, -0.25) is 4.79 Å². The third-order valence-electron chi connectivity index (χ3n) is 4.95. The third kappa shape index (κ3) is 5.10. The number of carbonyl (C=O) groups is 1. The Hall–Kier alpha value is -3.65. The largest absolute Gasteiger partial charge is 0.497 e. The quantitative estimate of drug-likeness (QED) is 0.629. The number of nitrogens with one attached hydrogen (secondary N) is 2. The van der Waals surface area contributed by atoms with Crippen molar-refractivity contribution in [3.05, 3.63) is 65.9 Å². The van der Waals surface area contributed by atoms with Crippen LogP contribution in [0.3, 0.4) is 0 Å². The van der Waals surface area contributed by atoms with Crippen LogP contribution in [0, 0.1) is 6.92 Å². The second kappa shape index (κ2) is 9.44. The minimum absolute atomic E-state index is 0.0542. The minimum atomic E-state index is -0.0542. The van der Waals surface area contributed by atoms with Gasteiger partial charge >= 0.3 is 0 Å². The van der Waals surface area contributed by atoms with Gasteiger partial charge in [0.1, 0.15) is 11.6 Å². The molecule has 0 saturated carbocycles. The Kier molecular flexibility index (Phi) is 6.28. The van der Waals surface area contributed by atoms with Gasteiger partial charge in [-0.2, -0.15) is 4.98 Å². The summed E-state index contributed by atoms with van der Waals surface area (Å²) in [5, 5.41) is 6.50. The molecule has 1 aliphatic heterocycles. The molecule has 0 unspecified atom stereocenters. The molecule has 0 bridgehead atoms. The van der Waals surface area contributed by atoms with Gasteiger partial charge in [-0.1, -0.05) is 18.2 Å². The number of hydrogen-bond donors (Lipinski definition) is 2. The molecule has 0 atom stereocenters. The first-order chi connectivity index (χ1) is 15.1. The predicted molar refractivity (Wildman–Crippen MR) is 119 cm³/mol. The van der Waals surface area contributed by atoms with E-state index in [9.17, 15) is 4.79 Å². The number of rotatable bonds is 6. The molecular formula is C23H25N5O3. The predicted octanol–water partition coefficient (Wildman–Crippen LogP) is 3.75. The van der Waals surface area contributed by atoms with E-state index < -0.39 is 0 Å². The summed E-state index contributed by atoms with van der Waals surface area (Å²) in [5.74, 6) is 1.65. The molecule has 160 valence electrons. The second-order valence-electron chi connectivity index (χ2n) is 7.20. The topological polar surface area (TPSA) is 88.6 Å². The molecule has 1 amide bonds. The van der Waals surface area contributed by atoms with Crippen molar-refractivity contribution in [1.82, 2.24) is 14.9 Å². The van der Waals surface area contributed by atoms with Gasteiger partial charge in [0.25, 0.3) is 5.91 Å². The Labute approximate surface area is 181 Å². The van der Waals surface area contributed by atoms with E-state index in [1.165, 1.54) is 0 Å². The van der Waals surface area contributed by atoms with E-state index in [4.69, 9.17) is 9.47 Å². The number of benzene rings is 2. The maximum atomic E-state index is 12.9. The number of anilines is 4. The lowest BCUT2D eigenvalue weighted by molar-refractivity contribution is 0.0302. The molecule has 4 rings (SSSR count). The minimum Gasteiger partial charge on any atom is -0.497 e. The van der Waals surface area contributed by atoms with Gasteiger partial charge in [0.15, 0.2) is 0 Å². The van der Waals surface area contributed by atoms with Crippen molar-refractivity contribution in [2.24, 2.45) is 0 Å². The average molecular weight is 419 g/mol. The lowest BCUT2D eigenvalue weighted by Gasteiger charge is -2.27. The lowest BCUT2D eigenvalue weighted by Crippen LogP contribution is -2.40. The van der Waals surface area contributed by atoms with Crippen LogP contribution < -0.4 is 15.4 Å². The number of methoxy groups -OCH3 is 1. The molecule has 1 aliphatic rings. The van der Waals surface area contributed by atoms with Gasteiger partial charge < -0.3 is 25.0 Å². The van der Waals surface area contributed by atoms with Crippen LogP contribution in [0.1, 0.15) is 15.9 Å². The highest BCUT2D eigenvalue weighted by molar-refractivity contribution is 5.96. The summed E-state index contributed by atoms with van der Waals surface area (Å²) in [4.78, 5) is 23.7. The zero-order valence-corrected chi connectivity index (χ0v) is 17.6. The normalized spacial score (nSPS) is 13.5. The van der Waals surface area contributed by atoms with Crippen LogP contribution in [0.2, 0.25) is 0 Å². The van der Waals surface area contributed by atoms with Crippen molar-refractivity contribution in [1.29, 1.82) is 0 Å². The number of ether oxygens (including phenoxy) is 2. The van der Waals surface area contributed by atoms with Crippen molar-refractivity contribution in [2.45, 2.75) is 6.92 Å². The molecule has 31 heavy (non-hydrogen) atoms. The maximum Gasteiger partial charge on any atom is 0.254 e. The average Bonchev–Trinajstić information content (AvgIpc) is 2.82. The van der Waals surface area contributed by atoms with Crippen LogP contribution >= 0.6 is 0 Å². The van der Waals surface area contributed by atoms with Gasteiger partial charge in [0, 0.05) is 47.9 Å². The van der Waals surface area contributed by atoms with Gasteiger partial charge in [-0.05, 0) is 31.2 Å². The van der Waals surface area contributed by atoms with E-state index in [1.807, 2.05) is 43.3 Å². The molecule has 0 aliphatic carbocycles. The Morgan fingerprint density at radius 3 is 2.58 bits per heavy atom. The molecule has 1 saturated heterocycles. The van der Waals surface area contributed by atoms with E-state index in [-0.39, 0.29) is 5.91 Å². The summed E-state index contributed by atoms with van der Waals surface area (Å²) >= 11 is 0. The van der Waals surface area contributed by atoms with Crippen LogP contribution in [0.4, 0.5) is 23.1 Å². The monoisotopic (exact) mass is 419 g/mol. The molecule has 0 radical (unpaired) electrons. The van der Waals surface area contributed by atoms with Crippen molar-refractivity contribution in [2.75, 3.05) is 44.0 Å². The Bertz CT molecular complexity index is 1050. The number of aryl methyl sites for hydroxylation is 1. The van der Waals surface area contributed by atoms with Gasteiger partial charge in [0.2, 0.25) is 5.95 Å². The van der Waals surface area contributed by atoms with Crippen LogP contribution in [0.15, 0.2) is 54.7 Å². The third-order valence-corrected chi connectivity index (χ3v) is 4.95. The maximum absolute atomic E-state index is 12.9. The van der Waals surface area contributed by atoms with E-state index >= 15 is 0 Å². The summed E-state index contributed by atoms with van der Waals surface area (Å²) in [5.41, 5.74) is 3.07. The summed E-state index contributed by atoms with van der Waals surface area (Å²) in [6, 6.07) is 15.2. The van der Waals surface area contributed by atoms with Gasteiger partial charge in [-0.15, -0.1) is 0 Å². The fourth-order valence-electron chi connectivity index (χ4n) is 3.28. The first-order valence-corrected chi connectivity index (χ1v) is 10.1. The Balaban J connectivity index is 1.57. The van der Waals surface area contributed by atoms with Crippen LogP contribution in [-0.2, 0) is 4.74 Å². The van der Waals surface area contributed by atoms with Gasteiger partial charge in [0.05, 0.1) is 20.3 Å². The highest BCUT2D eigenvalue weighted by Gasteiger charge is 2.20. The van der Waals surface area contributed by atoms with E-state index in [1.54, 1.807) is 30.3 Å². The van der Waals surface area contributed by atoms with E-state index in [0.29, 0.717) is 55.1 Å². The highest BCUT2D eigenvalue weighted by atomic mass is 16.5. The number of amides is 1. The number of carbonyl (C=O) groups excluding carboxylic acids is 1. The van der Waals surface area contributed by atoms with Gasteiger partial charge in [-0.25, -0.2) is 4.98 Å². The Morgan fingerprint density at radius 1 is 1.06 bits per heavy atom. The molecule has 2 N–H and O–H groups in total. The number of aromatic nitrogens is 2. The molecular weight excluding hydrogens is 394 g/mol. The summed E-state index contributed by atoms with van der Waals surface area (Å²) < 4.78 is 10.7.